The van der Waals surface area contributed by atoms with Gasteiger partial charge < -0.3 is 14.5 Å². The molecule has 1 atom stereocenters. The first-order chi connectivity index (χ1) is 14.1. The maximum absolute atomic E-state index is 14.1. The van der Waals surface area contributed by atoms with Gasteiger partial charge >= 0.3 is 0 Å². The van der Waals surface area contributed by atoms with Gasteiger partial charge in [0.1, 0.15) is 0 Å². The van der Waals surface area contributed by atoms with Crippen LogP contribution < -0.4 is 4.90 Å². The summed E-state index contributed by atoms with van der Waals surface area (Å²) < 4.78 is 19.7. The maximum atomic E-state index is 14.1. The summed E-state index contributed by atoms with van der Waals surface area (Å²) in [5, 5.41) is 0. The van der Waals surface area contributed by atoms with Crippen molar-refractivity contribution in [1.29, 1.82) is 0 Å². The van der Waals surface area contributed by atoms with Crippen molar-refractivity contribution in [3.8, 4) is 0 Å². The number of hydrogen-bond donors (Lipinski definition) is 0. The molecule has 29 heavy (non-hydrogen) atoms. The molecule has 0 aliphatic carbocycles. The van der Waals surface area contributed by atoms with Gasteiger partial charge in [0, 0.05) is 32.4 Å². The summed E-state index contributed by atoms with van der Waals surface area (Å²) in [6, 6.07) is 19.9. The molecule has 0 radical (unpaired) electrons. The van der Waals surface area contributed by atoms with E-state index in [-0.39, 0.29) is 0 Å². The number of amides is 1. The molecule has 1 aliphatic heterocycles. The Morgan fingerprint density at radius 2 is 1.69 bits per heavy atom. The van der Waals surface area contributed by atoms with Gasteiger partial charge in [-0.25, -0.2) is 4.39 Å². The lowest BCUT2D eigenvalue weighted by Crippen LogP contribution is -2.61. The third-order valence-electron chi connectivity index (χ3n) is 5.81. The number of rotatable bonds is 8. The van der Waals surface area contributed by atoms with Crippen LogP contribution in [0.4, 0.5) is 10.1 Å². The quantitative estimate of drug-likeness (QED) is 0.671. The molecule has 0 aromatic heterocycles. The molecular formula is C24H31FN2O2. The van der Waals surface area contributed by atoms with Crippen LogP contribution >= 0.6 is 0 Å². The van der Waals surface area contributed by atoms with E-state index in [0.29, 0.717) is 6.61 Å². The molecule has 0 spiro atoms. The first-order valence-electron chi connectivity index (χ1n) is 10.3. The van der Waals surface area contributed by atoms with Gasteiger partial charge in [0.2, 0.25) is 0 Å². The average Bonchev–Trinajstić information content (AvgIpc) is 2.75. The van der Waals surface area contributed by atoms with E-state index in [2.05, 4.69) is 29.2 Å². The summed E-state index contributed by atoms with van der Waals surface area (Å²) in [5.41, 5.74) is 1.53. The molecule has 0 N–H and O–H groups in total. The van der Waals surface area contributed by atoms with Crippen LogP contribution in [0.25, 0.3) is 0 Å². The second-order valence-electron chi connectivity index (χ2n) is 7.86. The van der Waals surface area contributed by atoms with Crippen LogP contribution in [0.2, 0.25) is 0 Å². The van der Waals surface area contributed by atoms with Crippen molar-refractivity contribution in [2.45, 2.75) is 37.9 Å². The Balaban J connectivity index is 1.75. The molecule has 0 bridgehead atoms. The summed E-state index contributed by atoms with van der Waals surface area (Å²) in [6.07, 6.45) is 0.951. The second kappa shape index (κ2) is 9.99. The van der Waals surface area contributed by atoms with Gasteiger partial charge in [0.05, 0.1) is 12.1 Å². The van der Waals surface area contributed by atoms with Crippen LogP contribution in [-0.2, 0) is 16.0 Å². The van der Waals surface area contributed by atoms with Gasteiger partial charge in [-0.15, -0.1) is 0 Å². The van der Waals surface area contributed by atoms with Crippen molar-refractivity contribution >= 4 is 11.6 Å². The standard InChI is InChI=1S/C24H31FN2O2/c1-20(25)23(28)27(22-11-7-4-8-12-22)24(19-29-2)14-17-26(18-15-24)16-13-21-9-5-3-6-10-21/h3-12,20H,13-19H2,1-2H3. The lowest BCUT2D eigenvalue weighted by molar-refractivity contribution is -0.125. The summed E-state index contributed by atoms with van der Waals surface area (Å²) >= 11 is 0. The number of piperidine rings is 1. The lowest BCUT2D eigenvalue weighted by atomic mass is 9.85. The van der Waals surface area contributed by atoms with Gasteiger partial charge in [0.25, 0.3) is 5.91 Å². The SMILES string of the molecule is COCC1(N(C(=O)C(C)F)c2ccccc2)CCN(CCc2ccccc2)CC1. The van der Waals surface area contributed by atoms with Gasteiger partial charge in [0.15, 0.2) is 6.17 Å². The number of anilines is 1. The molecule has 1 heterocycles. The van der Waals surface area contributed by atoms with Crippen molar-refractivity contribution in [1.82, 2.24) is 4.90 Å². The van der Waals surface area contributed by atoms with Crippen molar-refractivity contribution in [2.75, 3.05) is 38.3 Å². The van der Waals surface area contributed by atoms with Crippen molar-refractivity contribution in [2.24, 2.45) is 0 Å². The fourth-order valence-corrected chi connectivity index (χ4v) is 4.22. The Kier molecular flexibility index (Phi) is 7.40. The first-order valence-corrected chi connectivity index (χ1v) is 10.3. The van der Waals surface area contributed by atoms with Crippen LogP contribution in [0.3, 0.4) is 0 Å². The van der Waals surface area contributed by atoms with Gasteiger partial charge in [-0.2, -0.15) is 0 Å². The second-order valence-corrected chi connectivity index (χ2v) is 7.86. The lowest BCUT2D eigenvalue weighted by Gasteiger charge is -2.48. The molecule has 4 nitrogen and oxygen atoms in total. The topological polar surface area (TPSA) is 32.8 Å². The molecule has 2 aromatic rings. The van der Waals surface area contributed by atoms with Crippen LogP contribution in [0.15, 0.2) is 60.7 Å². The summed E-state index contributed by atoms with van der Waals surface area (Å²) in [7, 11) is 1.65. The molecule has 3 rings (SSSR count). The summed E-state index contributed by atoms with van der Waals surface area (Å²) in [5.74, 6) is -0.494. The average molecular weight is 399 g/mol. The van der Waals surface area contributed by atoms with Crippen LogP contribution in [-0.4, -0.2) is 55.9 Å². The minimum atomic E-state index is -1.56. The Bertz CT molecular complexity index is 759. The zero-order valence-corrected chi connectivity index (χ0v) is 17.4. The number of nitrogens with zero attached hydrogens (tertiary/aromatic N) is 2. The van der Waals surface area contributed by atoms with Crippen molar-refractivity contribution < 1.29 is 13.9 Å². The van der Waals surface area contributed by atoms with Crippen LogP contribution in [0, 0.1) is 0 Å². The highest BCUT2D eigenvalue weighted by Crippen LogP contribution is 2.35. The Morgan fingerprint density at radius 1 is 1.10 bits per heavy atom. The molecule has 1 aliphatic rings. The number of carbonyl (C=O) groups is 1. The number of halogens is 1. The zero-order chi connectivity index (χ0) is 20.7. The predicted molar refractivity (Wildman–Crippen MR) is 115 cm³/mol. The summed E-state index contributed by atoms with van der Waals surface area (Å²) in [6.45, 7) is 4.40. The molecule has 1 saturated heterocycles. The summed E-state index contributed by atoms with van der Waals surface area (Å²) in [4.78, 5) is 17.0. The number of hydrogen-bond acceptors (Lipinski definition) is 3. The molecule has 156 valence electrons. The molecule has 0 saturated carbocycles. The molecule has 1 fully saturated rings. The Hall–Kier alpha value is -2.24. The van der Waals surface area contributed by atoms with Gasteiger partial charge in [-0.05, 0) is 43.9 Å². The van der Waals surface area contributed by atoms with Gasteiger partial charge in [-0.1, -0.05) is 48.5 Å². The number of ether oxygens (including phenoxy) is 1. The molecular weight excluding hydrogens is 367 g/mol. The maximum Gasteiger partial charge on any atom is 0.261 e. The third-order valence-corrected chi connectivity index (χ3v) is 5.81. The van der Waals surface area contributed by atoms with E-state index in [4.69, 9.17) is 4.74 Å². The van der Waals surface area contributed by atoms with E-state index in [0.717, 1.165) is 44.6 Å². The fraction of sp³-hybridized carbons (Fsp3) is 0.458. The van der Waals surface area contributed by atoms with Gasteiger partial charge in [-0.3, -0.25) is 4.79 Å². The molecule has 1 amide bonds. The minimum absolute atomic E-state index is 0.396. The van der Waals surface area contributed by atoms with E-state index < -0.39 is 17.6 Å². The van der Waals surface area contributed by atoms with Crippen molar-refractivity contribution in [3.05, 3.63) is 66.2 Å². The highest BCUT2D eigenvalue weighted by Gasteiger charge is 2.44. The normalized spacial score (nSPS) is 17.6. The number of alkyl halides is 1. The highest BCUT2D eigenvalue weighted by atomic mass is 19.1. The highest BCUT2D eigenvalue weighted by molar-refractivity contribution is 5.97. The van der Waals surface area contributed by atoms with E-state index >= 15 is 0 Å². The van der Waals surface area contributed by atoms with E-state index in [1.54, 1.807) is 12.0 Å². The predicted octanol–water partition coefficient (Wildman–Crippen LogP) is 4.10. The molecule has 2 aromatic carbocycles. The number of para-hydroxylation sites is 1. The van der Waals surface area contributed by atoms with E-state index in [9.17, 15) is 9.18 Å². The van der Waals surface area contributed by atoms with E-state index in [1.165, 1.54) is 12.5 Å². The largest absolute Gasteiger partial charge is 0.382 e. The number of likely N-dealkylation sites (tertiary alicyclic amines) is 1. The van der Waals surface area contributed by atoms with Crippen LogP contribution in [0.1, 0.15) is 25.3 Å². The van der Waals surface area contributed by atoms with E-state index in [1.807, 2.05) is 36.4 Å². The number of benzene rings is 2. The zero-order valence-electron chi connectivity index (χ0n) is 17.4. The van der Waals surface area contributed by atoms with Crippen LogP contribution in [0.5, 0.6) is 0 Å². The smallest absolute Gasteiger partial charge is 0.261 e. The molecule has 5 heteroatoms. The monoisotopic (exact) mass is 398 g/mol. The Labute approximate surface area is 173 Å². The minimum Gasteiger partial charge on any atom is -0.382 e. The fourth-order valence-electron chi connectivity index (χ4n) is 4.22. The first kappa shape index (κ1) is 21.5. The Morgan fingerprint density at radius 3 is 2.24 bits per heavy atom. The van der Waals surface area contributed by atoms with Crippen molar-refractivity contribution in [3.63, 3.8) is 0 Å². The number of carbonyl (C=O) groups excluding carboxylic acids is 1. The number of methoxy groups -OCH3 is 1. The molecule has 1 unspecified atom stereocenters. The third kappa shape index (κ3) is 5.22.